The van der Waals surface area contributed by atoms with E-state index in [-0.39, 0.29) is 12.0 Å². The van der Waals surface area contributed by atoms with Crippen molar-refractivity contribution in [2.24, 2.45) is 5.16 Å². The van der Waals surface area contributed by atoms with E-state index in [2.05, 4.69) is 10.5 Å². The molecule has 0 saturated carbocycles. The molecule has 0 aromatic heterocycles. The molecule has 0 bridgehead atoms. The molecule has 1 amide bonds. The van der Waals surface area contributed by atoms with Crippen LogP contribution in [0.3, 0.4) is 0 Å². The van der Waals surface area contributed by atoms with Crippen molar-refractivity contribution in [2.75, 3.05) is 6.54 Å². The second-order valence-electron chi connectivity index (χ2n) is 4.04. The minimum Gasteiger partial charge on any atom is -0.390 e. The Morgan fingerprint density at radius 3 is 2.94 bits per heavy atom. The molecule has 0 unspecified atom stereocenters. The lowest BCUT2D eigenvalue weighted by atomic mass is 10.0. The summed E-state index contributed by atoms with van der Waals surface area (Å²) in [4.78, 5) is 15.8. The van der Waals surface area contributed by atoms with E-state index in [1.807, 2.05) is 0 Å². The van der Waals surface area contributed by atoms with Crippen molar-refractivity contribution >= 4 is 11.6 Å². The van der Waals surface area contributed by atoms with Gasteiger partial charge in [0.25, 0.3) is 0 Å². The van der Waals surface area contributed by atoms with E-state index < -0.39 is 11.6 Å². The Kier molecular flexibility index (Phi) is 3.55. The fourth-order valence-electron chi connectivity index (χ4n) is 1.64. The van der Waals surface area contributed by atoms with Crippen LogP contribution in [0, 0.1) is 11.6 Å². The molecule has 1 aromatic carbocycles. The number of halogens is 2. The molecule has 1 aromatic rings. The van der Waals surface area contributed by atoms with E-state index in [0.29, 0.717) is 24.2 Å². The van der Waals surface area contributed by atoms with Crippen molar-refractivity contribution in [3.05, 3.63) is 35.4 Å². The van der Waals surface area contributed by atoms with Crippen molar-refractivity contribution in [1.82, 2.24) is 5.32 Å². The van der Waals surface area contributed by atoms with E-state index in [1.165, 1.54) is 13.0 Å². The minimum absolute atomic E-state index is 0.153. The summed E-state index contributed by atoms with van der Waals surface area (Å²) in [5.74, 6) is -1.96. The molecule has 1 heterocycles. The monoisotopic (exact) mass is 254 g/mol. The van der Waals surface area contributed by atoms with Gasteiger partial charge in [0.05, 0.1) is 12.3 Å². The van der Waals surface area contributed by atoms with Gasteiger partial charge >= 0.3 is 0 Å². The molecule has 0 radical (unpaired) electrons. The summed E-state index contributed by atoms with van der Waals surface area (Å²) in [7, 11) is 0. The molecular weight excluding hydrogens is 242 g/mol. The van der Waals surface area contributed by atoms with Gasteiger partial charge in [-0.05, 0) is 18.2 Å². The van der Waals surface area contributed by atoms with Crippen LogP contribution in [-0.4, -0.2) is 24.3 Å². The molecule has 1 N–H and O–H groups in total. The molecule has 0 aliphatic carbocycles. The van der Waals surface area contributed by atoms with Gasteiger partial charge in [-0.1, -0.05) is 5.16 Å². The summed E-state index contributed by atoms with van der Waals surface area (Å²) in [6, 6.07) is 3.58. The maximum atomic E-state index is 13.1. The Labute approximate surface area is 103 Å². The zero-order valence-electron chi connectivity index (χ0n) is 9.74. The van der Waals surface area contributed by atoms with Crippen molar-refractivity contribution in [1.29, 1.82) is 0 Å². The SMILES string of the molecule is CC(=O)NC[C@@H]1CC(c2ccc(F)c(F)c2)=NO1. The average Bonchev–Trinajstić information content (AvgIpc) is 2.79. The van der Waals surface area contributed by atoms with Gasteiger partial charge in [0.2, 0.25) is 5.91 Å². The third-order valence-electron chi connectivity index (χ3n) is 2.56. The fraction of sp³-hybridized carbons (Fsp3) is 0.333. The summed E-state index contributed by atoms with van der Waals surface area (Å²) in [6.45, 7) is 1.75. The molecule has 4 nitrogen and oxygen atoms in total. The maximum Gasteiger partial charge on any atom is 0.217 e. The average molecular weight is 254 g/mol. The molecule has 96 valence electrons. The molecule has 2 rings (SSSR count). The number of nitrogens with one attached hydrogen (secondary N) is 1. The molecule has 0 saturated heterocycles. The predicted molar refractivity (Wildman–Crippen MR) is 61.1 cm³/mol. The van der Waals surface area contributed by atoms with Crippen LogP contribution in [-0.2, 0) is 9.63 Å². The highest BCUT2D eigenvalue weighted by atomic mass is 19.2. The molecule has 1 aliphatic rings. The Hall–Kier alpha value is -1.98. The number of rotatable bonds is 3. The van der Waals surface area contributed by atoms with Crippen molar-refractivity contribution in [3.8, 4) is 0 Å². The smallest absolute Gasteiger partial charge is 0.217 e. The third kappa shape index (κ3) is 2.82. The summed E-state index contributed by atoms with van der Waals surface area (Å²) >= 11 is 0. The topological polar surface area (TPSA) is 50.7 Å². The van der Waals surface area contributed by atoms with Gasteiger partial charge in [-0.2, -0.15) is 0 Å². The maximum absolute atomic E-state index is 13.1. The van der Waals surface area contributed by atoms with Crippen LogP contribution >= 0.6 is 0 Å². The fourth-order valence-corrected chi connectivity index (χ4v) is 1.64. The summed E-state index contributed by atoms with van der Waals surface area (Å²) in [5.41, 5.74) is 1.03. The zero-order chi connectivity index (χ0) is 13.1. The van der Waals surface area contributed by atoms with Gasteiger partial charge in [-0.15, -0.1) is 0 Å². The molecule has 0 spiro atoms. The second kappa shape index (κ2) is 5.12. The first-order valence-electron chi connectivity index (χ1n) is 5.49. The number of oxime groups is 1. The van der Waals surface area contributed by atoms with Crippen LogP contribution < -0.4 is 5.32 Å². The quantitative estimate of drug-likeness (QED) is 0.890. The van der Waals surface area contributed by atoms with E-state index in [4.69, 9.17) is 4.84 Å². The molecular formula is C12H12F2N2O2. The van der Waals surface area contributed by atoms with Gasteiger partial charge < -0.3 is 10.2 Å². The van der Waals surface area contributed by atoms with E-state index in [1.54, 1.807) is 0 Å². The second-order valence-corrected chi connectivity index (χ2v) is 4.04. The first kappa shape index (κ1) is 12.5. The van der Waals surface area contributed by atoms with Crippen LogP contribution in [0.1, 0.15) is 18.9 Å². The van der Waals surface area contributed by atoms with Crippen LogP contribution in [0.4, 0.5) is 8.78 Å². The van der Waals surface area contributed by atoms with Gasteiger partial charge in [-0.25, -0.2) is 8.78 Å². The number of carbonyl (C=O) groups is 1. The Balaban J connectivity index is 1.99. The number of carbonyl (C=O) groups excluding carboxylic acids is 1. The number of hydrogen-bond donors (Lipinski definition) is 1. The first-order valence-corrected chi connectivity index (χ1v) is 5.49. The highest BCUT2D eigenvalue weighted by Gasteiger charge is 2.22. The highest BCUT2D eigenvalue weighted by Crippen LogP contribution is 2.18. The van der Waals surface area contributed by atoms with Gasteiger partial charge in [-0.3, -0.25) is 4.79 Å². The summed E-state index contributed by atoms with van der Waals surface area (Å²) < 4.78 is 25.8. The molecule has 0 fully saturated rings. The zero-order valence-corrected chi connectivity index (χ0v) is 9.74. The highest BCUT2D eigenvalue weighted by molar-refractivity contribution is 6.01. The van der Waals surface area contributed by atoms with Crippen molar-refractivity contribution in [2.45, 2.75) is 19.4 Å². The summed E-state index contributed by atoms with van der Waals surface area (Å²) in [5, 5.41) is 6.42. The largest absolute Gasteiger partial charge is 0.390 e. The Bertz CT molecular complexity index is 503. The number of nitrogens with zero attached hydrogens (tertiary/aromatic N) is 1. The molecule has 6 heteroatoms. The molecule has 18 heavy (non-hydrogen) atoms. The van der Waals surface area contributed by atoms with Gasteiger partial charge in [0.1, 0.15) is 6.10 Å². The van der Waals surface area contributed by atoms with Crippen LogP contribution in [0.2, 0.25) is 0 Å². The lowest BCUT2D eigenvalue weighted by molar-refractivity contribution is -0.119. The first-order chi connectivity index (χ1) is 8.56. The van der Waals surface area contributed by atoms with Crippen molar-refractivity contribution < 1.29 is 18.4 Å². The van der Waals surface area contributed by atoms with Crippen LogP contribution in [0.25, 0.3) is 0 Å². The van der Waals surface area contributed by atoms with E-state index in [0.717, 1.165) is 12.1 Å². The summed E-state index contributed by atoms with van der Waals surface area (Å²) in [6.07, 6.45) is 0.183. The number of amides is 1. The predicted octanol–water partition coefficient (Wildman–Crippen LogP) is 1.59. The van der Waals surface area contributed by atoms with Gasteiger partial charge in [0.15, 0.2) is 11.6 Å². The van der Waals surface area contributed by atoms with E-state index in [9.17, 15) is 13.6 Å². The lowest BCUT2D eigenvalue weighted by Gasteiger charge is -2.07. The standard InChI is InChI=1S/C12H12F2N2O2/c1-7(17)15-6-9-5-12(16-18-9)8-2-3-10(13)11(14)4-8/h2-4,9H,5-6H2,1H3,(H,15,17)/t9-/m0/s1. The van der Waals surface area contributed by atoms with Crippen LogP contribution in [0.5, 0.6) is 0 Å². The van der Waals surface area contributed by atoms with Crippen LogP contribution in [0.15, 0.2) is 23.4 Å². The number of hydrogen-bond acceptors (Lipinski definition) is 3. The molecule has 1 aliphatic heterocycles. The normalized spacial score (nSPS) is 18.2. The number of benzene rings is 1. The molecule has 1 atom stereocenters. The van der Waals surface area contributed by atoms with E-state index >= 15 is 0 Å². The Morgan fingerprint density at radius 2 is 2.28 bits per heavy atom. The third-order valence-corrected chi connectivity index (χ3v) is 2.56. The van der Waals surface area contributed by atoms with Gasteiger partial charge in [0, 0.05) is 18.9 Å². The van der Waals surface area contributed by atoms with Crippen molar-refractivity contribution in [3.63, 3.8) is 0 Å². The Morgan fingerprint density at radius 1 is 1.50 bits per heavy atom. The minimum atomic E-state index is -0.916. The lowest BCUT2D eigenvalue weighted by Crippen LogP contribution is -2.30.